The zero-order valence-corrected chi connectivity index (χ0v) is 16.1. The fourth-order valence-corrected chi connectivity index (χ4v) is 4.06. The minimum atomic E-state index is -0.0421. The van der Waals surface area contributed by atoms with Crippen molar-refractivity contribution in [2.24, 2.45) is 0 Å². The molecule has 0 aliphatic carbocycles. The highest BCUT2D eigenvalue weighted by Gasteiger charge is 2.33. The highest BCUT2D eigenvalue weighted by Crippen LogP contribution is 2.36. The number of hydrogen-bond acceptors (Lipinski definition) is 3. The highest BCUT2D eigenvalue weighted by atomic mass is 32.2. The number of amides is 1. The van der Waals surface area contributed by atoms with Crippen LogP contribution in [0, 0.1) is 6.92 Å². The number of thiocarbonyl (C=S) groups is 1. The second-order valence-corrected chi connectivity index (χ2v) is 7.82. The van der Waals surface area contributed by atoms with Crippen LogP contribution in [-0.2, 0) is 11.2 Å². The van der Waals surface area contributed by atoms with E-state index in [9.17, 15) is 4.79 Å². The van der Waals surface area contributed by atoms with Gasteiger partial charge in [0.15, 0.2) is 4.32 Å². The Kier molecular flexibility index (Phi) is 5.71. The van der Waals surface area contributed by atoms with E-state index >= 15 is 0 Å². The summed E-state index contributed by atoms with van der Waals surface area (Å²) in [5.41, 5.74) is 4.34. The van der Waals surface area contributed by atoms with Gasteiger partial charge in [0.05, 0.1) is 10.6 Å². The van der Waals surface area contributed by atoms with E-state index < -0.39 is 0 Å². The fraction of sp³-hybridized carbons (Fsp3) is 0.238. The molecule has 1 heterocycles. The molecule has 0 radical (unpaired) electrons. The molecule has 0 unspecified atom stereocenters. The molecular formula is C21H21NOS2. The number of aryl methyl sites for hydroxylation is 2. The molecule has 4 heteroatoms. The Labute approximate surface area is 158 Å². The molecule has 1 aliphatic heterocycles. The lowest BCUT2D eigenvalue weighted by molar-refractivity contribution is -0.113. The molecular weight excluding hydrogens is 346 g/mol. The van der Waals surface area contributed by atoms with Gasteiger partial charge >= 0.3 is 0 Å². The zero-order valence-electron chi connectivity index (χ0n) is 14.5. The van der Waals surface area contributed by atoms with Crippen molar-refractivity contribution in [1.29, 1.82) is 0 Å². The lowest BCUT2D eigenvalue weighted by Crippen LogP contribution is -2.27. The van der Waals surface area contributed by atoms with E-state index in [0.29, 0.717) is 9.23 Å². The Balaban J connectivity index is 1.83. The normalized spacial score (nSPS) is 16.1. The van der Waals surface area contributed by atoms with Crippen molar-refractivity contribution in [3.05, 3.63) is 70.1 Å². The number of thioether (sulfide) groups is 1. The van der Waals surface area contributed by atoms with Crippen LogP contribution in [0.5, 0.6) is 0 Å². The summed E-state index contributed by atoms with van der Waals surface area (Å²) >= 11 is 6.82. The molecule has 0 N–H and O–H groups in total. The topological polar surface area (TPSA) is 20.3 Å². The number of carbonyl (C=O) groups is 1. The summed E-state index contributed by atoms with van der Waals surface area (Å²) < 4.78 is 0.589. The first-order valence-electron chi connectivity index (χ1n) is 8.52. The lowest BCUT2D eigenvalue weighted by Gasteiger charge is -2.15. The minimum absolute atomic E-state index is 0.0421. The molecule has 1 amide bonds. The van der Waals surface area contributed by atoms with E-state index in [-0.39, 0.29) is 5.91 Å². The van der Waals surface area contributed by atoms with Crippen molar-refractivity contribution < 1.29 is 4.79 Å². The van der Waals surface area contributed by atoms with Crippen LogP contribution in [0.15, 0.2) is 53.4 Å². The van der Waals surface area contributed by atoms with Gasteiger partial charge in [0.2, 0.25) is 0 Å². The predicted octanol–water partition coefficient (Wildman–Crippen LogP) is 5.74. The summed E-state index contributed by atoms with van der Waals surface area (Å²) in [6, 6.07) is 16.2. The first-order chi connectivity index (χ1) is 12.1. The number of nitrogens with zero attached hydrogens (tertiary/aromatic N) is 1. The van der Waals surface area contributed by atoms with Crippen LogP contribution in [0.4, 0.5) is 5.69 Å². The number of benzene rings is 2. The van der Waals surface area contributed by atoms with Crippen molar-refractivity contribution >= 4 is 46.0 Å². The molecule has 2 nitrogen and oxygen atoms in total. The second-order valence-electron chi connectivity index (χ2n) is 6.14. The van der Waals surface area contributed by atoms with Crippen LogP contribution < -0.4 is 4.90 Å². The van der Waals surface area contributed by atoms with Gasteiger partial charge in [0.25, 0.3) is 5.91 Å². The first-order valence-corrected chi connectivity index (χ1v) is 9.75. The third-order valence-electron chi connectivity index (χ3n) is 4.28. The van der Waals surface area contributed by atoms with Gasteiger partial charge in [0, 0.05) is 0 Å². The Morgan fingerprint density at radius 2 is 1.84 bits per heavy atom. The SMILES string of the molecule is CCCCc1ccc(N2C(=O)/C(=C/c3ccccc3C)SC2=S)cc1. The quantitative estimate of drug-likeness (QED) is 0.496. The van der Waals surface area contributed by atoms with Gasteiger partial charge in [-0.2, -0.15) is 0 Å². The molecule has 2 aromatic rings. The molecule has 0 saturated carbocycles. The first kappa shape index (κ1) is 17.9. The zero-order chi connectivity index (χ0) is 17.8. The van der Waals surface area contributed by atoms with Gasteiger partial charge in [-0.3, -0.25) is 9.69 Å². The average Bonchev–Trinajstić information content (AvgIpc) is 2.89. The number of hydrogen-bond donors (Lipinski definition) is 0. The van der Waals surface area contributed by atoms with E-state index in [0.717, 1.165) is 23.2 Å². The molecule has 25 heavy (non-hydrogen) atoms. The lowest BCUT2D eigenvalue weighted by atomic mass is 10.1. The van der Waals surface area contributed by atoms with Crippen LogP contribution in [0.2, 0.25) is 0 Å². The predicted molar refractivity (Wildman–Crippen MR) is 112 cm³/mol. The number of anilines is 1. The summed E-state index contributed by atoms with van der Waals surface area (Å²) in [6.45, 7) is 4.23. The number of carbonyl (C=O) groups excluding carboxylic acids is 1. The summed E-state index contributed by atoms with van der Waals surface area (Å²) in [4.78, 5) is 15.1. The van der Waals surface area contributed by atoms with Crippen LogP contribution in [0.3, 0.4) is 0 Å². The van der Waals surface area contributed by atoms with Crippen molar-refractivity contribution in [2.75, 3.05) is 4.90 Å². The minimum Gasteiger partial charge on any atom is -0.268 e. The number of rotatable bonds is 5. The standard InChI is InChI=1S/C21H21NOS2/c1-3-4-8-16-10-12-18(13-11-16)22-20(23)19(25-21(22)24)14-17-9-6-5-7-15(17)2/h5-7,9-14H,3-4,8H2,1-2H3/b19-14-. The Hall–Kier alpha value is -1.91. The van der Waals surface area contributed by atoms with Crippen molar-refractivity contribution in [3.8, 4) is 0 Å². The van der Waals surface area contributed by atoms with E-state index in [2.05, 4.69) is 19.1 Å². The summed E-state index contributed by atoms with van der Waals surface area (Å²) in [5, 5.41) is 0. The van der Waals surface area contributed by atoms with Gasteiger partial charge < -0.3 is 0 Å². The van der Waals surface area contributed by atoms with Crippen molar-refractivity contribution in [1.82, 2.24) is 0 Å². The molecule has 0 aromatic heterocycles. The molecule has 1 saturated heterocycles. The highest BCUT2D eigenvalue weighted by molar-refractivity contribution is 8.27. The summed E-state index contributed by atoms with van der Waals surface area (Å²) in [6.07, 6.45) is 5.37. The van der Waals surface area contributed by atoms with Gasteiger partial charge in [-0.05, 0) is 54.7 Å². The van der Waals surface area contributed by atoms with Gasteiger partial charge in [-0.1, -0.05) is 73.7 Å². The molecule has 0 atom stereocenters. The molecule has 2 aromatic carbocycles. The van der Waals surface area contributed by atoms with Gasteiger partial charge in [-0.15, -0.1) is 0 Å². The van der Waals surface area contributed by atoms with Crippen LogP contribution in [0.25, 0.3) is 6.08 Å². The molecule has 1 aliphatic rings. The summed E-state index contributed by atoms with van der Waals surface area (Å²) in [7, 11) is 0. The summed E-state index contributed by atoms with van der Waals surface area (Å²) in [5.74, 6) is -0.0421. The maximum Gasteiger partial charge on any atom is 0.270 e. The Morgan fingerprint density at radius 3 is 2.52 bits per heavy atom. The second kappa shape index (κ2) is 7.98. The van der Waals surface area contributed by atoms with Crippen molar-refractivity contribution in [2.45, 2.75) is 33.1 Å². The molecule has 3 rings (SSSR count). The largest absolute Gasteiger partial charge is 0.270 e. The number of unbranched alkanes of at least 4 members (excludes halogenated alkanes) is 1. The van der Waals surface area contributed by atoms with Crippen LogP contribution in [-0.4, -0.2) is 10.2 Å². The monoisotopic (exact) mass is 367 g/mol. The molecule has 0 bridgehead atoms. The Bertz CT molecular complexity index is 824. The molecule has 128 valence electrons. The smallest absolute Gasteiger partial charge is 0.268 e. The van der Waals surface area contributed by atoms with E-state index in [1.54, 1.807) is 4.90 Å². The molecule has 1 fully saturated rings. The van der Waals surface area contributed by atoms with Crippen LogP contribution in [0.1, 0.15) is 36.5 Å². The third kappa shape index (κ3) is 4.02. The van der Waals surface area contributed by atoms with Gasteiger partial charge in [0.1, 0.15) is 0 Å². The average molecular weight is 368 g/mol. The Morgan fingerprint density at radius 1 is 1.12 bits per heavy atom. The van der Waals surface area contributed by atoms with E-state index in [4.69, 9.17) is 12.2 Å². The maximum absolute atomic E-state index is 12.8. The van der Waals surface area contributed by atoms with E-state index in [1.807, 2.05) is 49.4 Å². The maximum atomic E-state index is 12.8. The van der Waals surface area contributed by atoms with Gasteiger partial charge in [-0.25, -0.2) is 0 Å². The molecule has 0 spiro atoms. The van der Waals surface area contributed by atoms with Crippen molar-refractivity contribution in [3.63, 3.8) is 0 Å². The van der Waals surface area contributed by atoms with Crippen LogP contribution >= 0.6 is 24.0 Å². The fourth-order valence-electron chi connectivity index (χ4n) is 2.77. The van der Waals surface area contributed by atoms with E-state index in [1.165, 1.54) is 30.2 Å². The third-order valence-corrected chi connectivity index (χ3v) is 5.58.